The molecular weight excluding hydrogens is 368 g/mol. The molecule has 1 N–H and O–H groups in total. The number of amides is 1. The van der Waals surface area contributed by atoms with Crippen LogP contribution in [0.4, 0.5) is 5.69 Å². The Bertz CT molecular complexity index is 1040. The Labute approximate surface area is 169 Å². The van der Waals surface area contributed by atoms with Gasteiger partial charge in [0.15, 0.2) is 6.10 Å². The number of aromatic nitrogens is 1. The molecule has 1 amide bonds. The van der Waals surface area contributed by atoms with E-state index in [0.29, 0.717) is 34.5 Å². The van der Waals surface area contributed by atoms with Gasteiger partial charge in [0, 0.05) is 16.8 Å². The number of nitrogens with one attached hydrogen (secondary N) is 1. The molecule has 1 aromatic heterocycles. The van der Waals surface area contributed by atoms with Crippen molar-refractivity contribution in [1.82, 2.24) is 4.98 Å². The first-order chi connectivity index (χ1) is 13.9. The second kappa shape index (κ2) is 8.73. The monoisotopic (exact) mass is 392 g/mol. The molecule has 1 unspecified atom stereocenters. The molecule has 0 saturated carbocycles. The van der Waals surface area contributed by atoms with E-state index in [2.05, 4.69) is 10.3 Å². The van der Waals surface area contributed by atoms with Gasteiger partial charge in [-0.3, -0.25) is 9.78 Å². The molecular formula is C23H24N2O4. The molecule has 0 fully saturated rings. The van der Waals surface area contributed by atoms with E-state index in [4.69, 9.17) is 9.47 Å². The van der Waals surface area contributed by atoms with Crippen molar-refractivity contribution in [1.29, 1.82) is 0 Å². The van der Waals surface area contributed by atoms with Crippen molar-refractivity contribution < 1.29 is 19.1 Å². The number of hydrogen-bond donors (Lipinski definition) is 1. The topological polar surface area (TPSA) is 77.5 Å². The molecule has 0 bridgehead atoms. The third-order valence-electron chi connectivity index (χ3n) is 4.40. The third kappa shape index (κ3) is 4.90. The molecule has 2 aromatic carbocycles. The number of hydrogen-bond acceptors (Lipinski definition) is 5. The molecule has 0 aliphatic heterocycles. The molecule has 1 atom stereocenters. The Hall–Kier alpha value is -3.41. The van der Waals surface area contributed by atoms with Crippen molar-refractivity contribution in [3.8, 4) is 5.75 Å². The Morgan fingerprint density at radius 2 is 1.79 bits per heavy atom. The highest BCUT2D eigenvalue weighted by molar-refractivity contribution is 6.05. The van der Waals surface area contributed by atoms with E-state index in [1.54, 1.807) is 37.3 Å². The second-order valence-electron chi connectivity index (χ2n) is 6.83. The fraction of sp³-hybridized carbons (Fsp3) is 0.261. The number of benzene rings is 2. The highest BCUT2D eigenvalue weighted by atomic mass is 16.5. The van der Waals surface area contributed by atoms with Gasteiger partial charge in [-0.15, -0.1) is 0 Å². The largest absolute Gasteiger partial charge is 0.494 e. The number of esters is 1. The Morgan fingerprint density at radius 3 is 2.48 bits per heavy atom. The summed E-state index contributed by atoms with van der Waals surface area (Å²) < 4.78 is 10.8. The minimum atomic E-state index is -0.956. The van der Waals surface area contributed by atoms with Gasteiger partial charge in [0.2, 0.25) is 0 Å². The van der Waals surface area contributed by atoms with Crippen LogP contribution >= 0.6 is 0 Å². The Morgan fingerprint density at radius 1 is 1.07 bits per heavy atom. The summed E-state index contributed by atoms with van der Waals surface area (Å²) in [6.07, 6.45) is -0.956. The zero-order chi connectivity index (χ0) is 21.0. The molecule has 0 saturated heterocycles. The van der Waals surface area contributed by atoms with Crippen molar-refractivity contribution in [2.24, 2.45) is 0 Å². The summed E-state index contributed by atoms with van der Waals surface area (Å²) in [4.78, 5) is 29.7. The van der Waals surface area contributed by atoms with Gasteiger partial charge >= 0.3 is 5.97 Å². The lowest BCUT2D eigenvalue weighted by molar-refractivity contribution is -0.123. The van der Waals surface area contributed by atoms with E-state index >= 15 is 0 Å². The summed E-state index contributed by atoms with van der Waals surface area (Å²) in [6, 6.07) is 14.4. The van der Waals surface area contributed by atoms with Crippen LogP contribution in [-0.2, 0) is 9.53 Å². The zero-order valence-electron chi connectivity index (χ0n) is 17.0. The summed E-state index contributed by atoms with van der Waals surface area (Å²) in [7, 11) is 0. The molecule has 6 nitrogen and oxygen atoms in total. The van der Waals surface area contributed by atoms with Crippen LogP contribution in [0.3, 0.4) is 0 Å². The van der Waals surface area contributed by atoms with E-state index in [-0.39, 0.29) is 0 Å². The predicted octanol–water partition coefficient (Wildman–Crippen LogP) is 4.43. The minimum Gasteiger partial charge on any atom is -0.494 e. The van der Waals surface area contributed by atoms with E-state index in [9.17, 15) is 9.59 Å². The lowest BCUT2D eigenvalue weighted by atomic mass is 10.1. The lowest BCUT2D eigenvalue weighted by Crippen LogP contribution is -2.30. The molecule has 0 radical (unpaired) electrons. The quantitative estimate of drug-likeness (QED) is 0.628. The van der Waals surface area contributed by atoms with Gasteiger partial charge in [-0.25, -0.2) is 4.79 Å². The van der Waals surface area contributed by atoms with Crippen LogP contribution in [0.5, 0.6) is 5.75 Å². The third-order valence-corrected chi connectivity index (χ3v) is 4.40. The van der Waals surface area contributed by atoms with Gasteiger partial charge in [0.1, 0.15) is 5.75 Å². The van der Waals surface area contributed by atoms with Gasteiger partial charge in [0.05, 0.1) is 17.7 Å². The predicted molar refractivity (Wildman–Crippen MR) is 112 cm³/mol. The van der Waals surface area contributed by atoms with Crippen LogP contribution in [0.1, 0.15) is 35.5 Å². The SMILES string of the molecule is CCOc1ccc(NC(=O)C(C)OC(=O)c2cc(C)nc3ccc(C)cc23)cc1. The fourth-order valence-corrected chi connectivity index (χ4v) is 2.96. The molecule has 0 aliphatic carbocycles. The summed E-state index contributed by atoms with van der Waals surface area (Å²) in [6.45, 7) is 7.78. The molecule has 0 spiro atoms. The number of anilines is 1. The van der Waals surface area contributed by atoms with Gasteiger partial charge in [-0.05, 0) is 70.2 Å². The highest BCUT2D eigenvalue weighted by Crippen LogP contribution is 2.22. The molecule has 150 valence electrons. The average Bonchev–Trinajstić information content (AvgIpc) is 2.69. The Balaban J connectivity index is 1.72. The van der Waals surface area contributed by atoms with E-state index in [1.807, 2.05) is 39.0 Å². The van der Waals surface area contributed by atoms with Crippen molar-refractivity contribution in [2.45, 2.75) is 33.8 Å². The normalized spacial score (nSPS) is 11.7. The molecule has 3 rings (SSSR count). The van der Waals surface area contributed by atoms with Crippen LogP contribution in [0.15, 0.2) is 48.5 Å². The van der Waals surface area contributed by atoms with Crippen LogP contribution < -0.4 is 10.1 Å². The maximum Gasteiger partial charge on any atom is 0.339 e. The molecule has 0 aliphatic rings. The highest BCUT2D eigenvalue weighted by Gasteiger charge is 2.21. The number of carbonyl (C=O) groups is 2. The van der Waals surface area contributed by atoms with Crippen LogP contribution in [0.25, 0.3) is 10.9 Å². The van der Waals surface area contributed by atoms with Crippen LogP contribution in [0.2, 0.25) is 0 Å². The number of pyridine rings is 1. The van der Waals surface area contributed by atoms with Gasteiger partial charge in [0.25, 0.3) is 5.91 Å². The second-order valence-corrected chi connectivity index (χ2v) is 6.83. The minimum absolute atomic E-state index is 0.400. The smallest absolute Gasteiger partial charge is 0.339 e. The number of rotatable bonds is 6. The molecule has 3 aromatic rings. The number of aryl methyl sites for hydroxylation is 2. The number of nitrogens with zero attached hydrogens (tertiary/aromatic N) is 1. The standard InChI is InChI=1S/C23H24N2O4/c1-5-28-18-9-7-17(8-10-18)25-22(26)16(4)29-23(27)20-13-15(3)24-21-11-6-14(2)12-19(20)21/h6-13,16H,5H2,1-4H3,(H,25,26). The van der Waals surface area contributed by atoms with Gasteiger partial charge < -0.3 is 14.8 Å². The lowest BCUT2D eigenvalue weighted by Gasteiger charge is -2.15. The zero-order valence-corrected chi connectivity index (χ0v) is 17.0. The van der Waals surface area contributed by atoms with Crippen molar-refractivity contribution in [3.63, 3.8) is 0 Å². The molecule has 1 heterocycles. The van der Waals surface area contributed by atoms with Crippen LogP contribution in [0, 0.1) is 13.8 Å². The average molecular weight is 392 g/mol. The summed E-state index contributed by atoms with van der Waals surface area (Å²) in [5, 5.41) is 3.45. The molecule has 6 heteroatoms. The Kier molecular flexibility index (Phi) is 6.12. The fourth-order valence-electron chi connectivity index (χ4n) is 2.96. The number of fused-ring (bicyclic) bond motifs is 1. The number of carbonyl (C=O) groups excluding carboxylic acids is 2. The van der Waals surface area contributed by atoms with Crippen LogP contribution in [-0.4, -0.2) is 29.6 Å². The van der Waals surface area contributed by atoms with Gasteiger partial charge in [-0.1, -0.05) is 11.6 Å². The van der Waals surface area contributed by atoms with Crippen molar-refractivity contribution in [2.75, 3.05) is 11.9 Å². The van der Waals surface area contributed by atoms with E-state index < -0.39 is 18.0 Å². The maximum atomic E-state index is 12.8. The first-order valence-electron chi connectivity index (χ1n) is 9.50. The maximum absolute atomic E-state index is 12.8. The van der Waals surface area contributed by atoms with E-state index in [1.165, 1.54) is 0 Å². The van der Waals surface area contributed by atoms with E-state index in [0.717, 1.165) is 11.3 Å². The van der Waals surface area contributed by atoms with Crippen molar-refractivity contribution >= 4 is 28.5 Å². The summed E-state index contributed by atoms with van der Waals surface area (Å²) >= 11 is 0. The first-order valence-corrected chi connectivity index (χ1v) is 9.50. The number of ether oxygens (including phenoxy) is 2. The van der Waals surface area contributed by atoms with Gasteiger partial charge in [-0.2, -0.15) is 0 Å². The summed E-state index contributed by atoms with van der Waals surface area (Å²) in [5.41, 5.74) is 3.44. The molecule has 29 heavy (non-hydrogen) atoms. The van der Waals surface area contributed by atoms with Crippen molar-refractivity contribution in [3.05, 3.63) is 65.4 Å². The first kappa shape index (κ1) is 20.3. The summed E-state index contributed by atoms with van der Waals surface area (Å²) in [5.74, 6) is -0.241.